The molecule has 5 rings (SSSR count). The van der Waals surface area contributed by atoms with Crippen LogP contribution in [0.15, 0.2) is 101 Å². The first kappa shape index (κ1) is 28.2. The fourth-order valence-corrected chi connectivity index (χ4v) is 5.03. The van der Waals surface area contributed by atoms with Gasteiger partial charge in [-0.05, 0) is 41.0 Å². The molecule has 0 saturated carbocycles. The molecule has 0 bridgehead atoms. The minimum Gasteiger partial charge on any atom is -0.497 e. The molecule has 10 heteroatoms. The molecular formula is C31H32N2O8. The van der Waals surface area contributed by atoms with E-state index in [0.717, 1.165) is 21.4 Å². The monoisotopic (exact) mass is 560 g/mol. The first-order chi connectivity index (χ1) is 20.0. The molecule has 1 aromatic heterocycles. The summed E-state index contributed by atoms with van der Waals surface area (Å²) in [6, 6.07) is 26.5. The highest BCUT2D eigenvalue weighted by Gasteiger charge is 2.44. The van der Waals surface area contributed by atoms with Gasteiger partial charge in [-0.15, -0.1) is 4.73 Å². The number of nitrogens with one attached hydrogen (secondary N) is 1. The topological polar surface area (TPSA) is 110 Å². The van der Waals surface area contributed by atoms with Gasteiger partial charge in [-0.2, -0.15) is 0 Å². The third kappa shape index (κ3) is 5.76. The Morgan fingerprint density at radius 1 is 0.829 bits per heavy atom. The Hall–Kier alpha value is -4.38. The Morgan fingerprint density at radius 3 is 1.95 bits per heavy atom. The maximum Gasteiger partial charge on any atom is 0.361 e. The lowest BCUT2D eigenvalue weighted by molar-refractivity contribution is -0.0997. The third-order valence-corrected chi connectivity index (χ3v) is 7.17. The van der Waals surface area contributed by atoms with Crippen molar-refractivity contribution in [2.75, 3.05) is 34.5 Å². The lowest BCUT2D eigenvalue weighted by atomic mass is 9.80. The number of hydrogen-bond acceptors (Lipinski definition) is 8. The summed E-state index contributed by atoms with van der Waals surface area (Å²) < 4.78 is 30.4. The molecule has 41 heavy (non-hydrogen) atoms. The van der Waals surface area contributed by atoms with E-state index in [9.17, 15) is 9.59 Å². The highest BCUT2D eigenvalue weighted by molar-refractivity contribution is 5.49. The van der Waals surface area contributed by atoms with E-state index in [1.807, 2.05) is 78.9 Å². The smallest absolute Gasteiger partial charge is 0.361 e. The van der Waals surface area contributed by atoms with E-state index in [-0.39, 0.29) is 13.2 Å². The van der Waals surface area contributed by atoms with Gasteiger partial charge >= 0.3 is 5.69 Å². The SMILES string of the molecule is COc1ccc(C(OC[C@H]2OC[C@@H](OC)[C@@H]2On2ccc(=O)[nH]c2=O)(c2ccccc2)c2ccc(OC)cc2)cc1. The molecule has 0 aliphatic carbocycles. The van der Waals surface area contributed by atoms with Crippen LogP contribution in [0, 0.1) is 0 Å². The number of H-pyrrole nitrogens is 1. The van der Waals surface area contributed by atoms with Crippen LogP contribution < -0.4 is 25.6 Å². The van der Waals surface area contributed by atoms with E-state index in [1.165, 1.54) is 12.3 Å². The molecule has 1 aliphatic heterocycles. The fourth-order valence-electron chi connectivity index (χ4n) is 5.03. The number of hydrogen-bond donors (Lipinski definition) is 1. The van der Waals surface area contributed by atoms with Gasteiger partial charge in [0.15, 0.2) is 6.10 Å². The number of aromatic amines is 1. The zero-order valence-electron chi connectivity index (χ0n) is 23.0. The average molecular weight is 561 g/mol. The van der Waals surface area contributed by atoms with Crippen LogP contribution in [0.3, 0.4) is 0 Å². The van der Waals surface area contributed by atoms with E-state index in [1.54, 1.807) is 21.3 Å². The Kier molecular flexibility index (Phi) is 8.53. The van der Waals surface area contributed by atoms with E-state index in [0.29, 0.717) is 11.5 Å². The number of ether oxygens (including phenoxy) is 5. The third-order valence-electron chi connectivity index (χ3n) is 7.17. The summed E-state index contributed by atoms with van der Waals surface area (Å²) >= 11 is 0. The second-order valence-electron chi connectivity index (χ2n) is 9.47. The summed E-state index contributed by atoms with van der Waals surface area (Å²) in [5.41, 5.74) is 0.344. The molecule has 4 aromatic rings. The lowest BCUT2D eigenvalue weighted by Crippen LogP contribution is -2.48. The maximum absolute atomic E-state index is 12.4. The van der Waals surface area contributed by atoms with Crippen molar-refractivity contribution in [1.29, 1.82) is 0 Å². The normalized spacial score (nSPS) is 18.7. The van der Waals surface area contributed by atoms with Crippen LogP contribution in [0.5, 0.6) is 11.5 Å². The minimum absolute atomic E-state index is 0.0790. The number of methoxy groups -OCH3 is 3. The summed E-state index contributed by atoms with van der Waals surface area (Å²) in [5, 5.41) is 0. The second-order valence-corrected chi connectivity index (χ2v) is 9.47. The van der Waals surface area contributed by atoms with Crippen LogP contribution >= 0.6 is 0 Å². The van der Waals surface area contributed by atoms with Crippen molar-refractivity contribution in [2.45, 2.75) is 23.9 Å². The van der Waals surface area contributed by atoms with Gasteiger partial charge in [-0.3, -0.25) is 9.78 Å². The number of benzene rings is 3. The predicted molar refractivity (Wildman–Crippen MR) is 150 cm³/mol. The summed E-state index contributed by atoms with van der Waals surface area (Å²) in [7, 11) is 4.79. The zero-order valence-corrected chi connectivity index (χ0v) is 23.0. The van der Waals surface area contributed by atoms with Crippen molar-refractivity contribution in [3.05, 3.63) is 129 Å². The van der Waals surface area contributed by atoms with Crippen LogP contribution in [-0.2, 0) is 19.8 Å². The van der Waals surface area contributed by atoms with Crippen molar-refractivity contribution < 1.29 is 28.5 Å². The van der Waals surface area contributed by atoms with Crippen LogP contribution in [-0.4, -0.2) is 62.6 Å². The van der Waals surface area contributed by atoms with Gasteiger partial charge in [0, 0.05) is 13.2 Å². The number of rotatable bonds is 11. The molecule has 3 aromatic carbocycles. The molecule has 1 saturated heterocycles. The summed E-state index contributed by atoms with van der Waals surface area (Å²) in [5.74, 6) is 1.43. The minimum atomic E-state index is -1.06. The van der Waals surface area contributed by atoms with E-state index in [2.05, 4.69) is 4.98 Å². The van der Waals surface area contributed by atoms with Gasteiger partial charge in [0.1, 0.15) is 29.3 Å². The van der Waals surface area contributed by atoms with Crippen molar-refractivity contribution in [2.24, 2.45) is 0 Å². The van der Waals surface area contributed by atoms with Crippen LogP contribution in [0.1, 0.15) is 16.7 Å². The molecule has 1 N–H and O–H groups in total. The van der Waals surface area contributed by atoms with Crippen molar-refractivity contribution in [1.82, 2.24) is 9.71 Å². The fraction of sp³-hybridized carbons (Fsp3) is 0.290. The molecule has 214 valence electrons. The Bertz CT molecular complexity index is 1490. The summed E-state index contributed by atoms with van der Waals surface area (Å²) in [6.45, 7) is 0.312. The molecule has 1 fully saturated rings. The summed E-state index contributed by atoms with van der Waals surface area (Å²) in [4.78, 5) is 32.1. The van der Waals surface area contributed by atoms with Gasteiger partial charge in [0.05, 0.1) is 33.6 Å². The van der Waals surface area contributed by atoms with Gasteiger partial charge in [0.2, 0.25) is 0 Å². The first-order valence-electron chi connectivity index (χ1n) is 13.1. The Morgan fingerprint density at radius 2 is 1.41 bits per heavy atom. The van der Waals surface area contributed by atoms with Gasteiger partial charge < -0.3 is 28.5 Å². The van der Waals surface area contributed by atoms with Gasteiger partial charge in [-0.1, -0.05) is 54.6 Å². The summed E-state index contributed by atoms with van der Waals surface area (Å²) in [6.07, 6.45) is -0.523. The number of nitrogens with zero attached hydrogens (tertiary/aromatic N) is 1. The lowest BCUT2D eigenvalue weighted by Gasteiger charge is -2.37. The van der Waals surface area contributed by atoms with E-state index < -0.39 is 35.2 Å². The maximum atomic E-state index is 12.4. The Labute approximate surface area is 236 Å². The second kappa shape index (κ2) is 12.4. The van der Waals surface area contributed by atoms with Crippen molar-refractivity contribution >= 4 is 0 Å². The van der Waals surface area contributed by atoms with Crippen LogP contribution in [0.2, 0.25) is 0 Å². The molecule has 3 atom stereocenters. The highest BCUT2D eigenvalue weighted by atomic mass is 16.7. The molecule has 0 spiro atoms. The van der Waals surface area contributed by atoms with E-state index in [4.69, 9.17) is 28.5 Å². The van der Waals surface area contributed by atoms with Crippen LogP contribution in [0.4, 0.5) is 0 Å². The molecule has 0 amide bonds. The molecular weight excluding hydrogens is 528 g/mol. The standard InChI is InChI=1S/C31H32N2O8/c1-36-24-13-9-22(10-14-24)31(21-7-5-4-6-8-21,23-11-15-25(37-2)16-12-23)40-20-27-29(26(38-3)19-39-27)41-33-18-17-28(34)32-30(33)35/h4-18,26-27,29H,19-20H2,1-3H3,(H,32,34,35)/t26-,27-,29+/m1/s1. The average Bonchev–Trinajstić information content (AvgIpc) is 3.41. The molecule has 1 aliphatic rings. The molecule has 10 nitrogen and oxygen atoms in total. The first-order valence-corrected chi connectivity index (χ1v) is 13.1. The van der Waals surface area contributed by atoms with E-state index >= 15 is 0 Å². The van der Waals surface area contributed by atoms with Crippen molar-refractivity contribution in [3.8, 4) is 11.5 Å². The van der Waals surface area contributed by atoms with Crippen LogP contribution in [0.25, 0.3) is 0 Å². The zero-order chi connectivity index (χ0) is 28.8. The molecule has 0 unspecified atom stereocenters. The van der Waals surface area contributed by atoms with Crippen molar-refractivity contribution in [3.63, 3.8) is 0 Å². The number of aromatic nitrogens is 2. The quantitative estimate of drug-likeness (QED) is 0.279. The van der Waals surface area contributed by atoms with Gasteiger partial charge in [-0.25, -0.2) is 4.79 Å². The predicted octanol–water partition coefficient (Wildman–Crippen LogP) is 2.77. The largest absolute Gasteiger partial charge is 0.497 e. The Balaban J connectivity index is 1.56. The molecule has 0 radical (unpaired) electrons. The van der Waals surface area contributed by atoms with Gasteiger partial charge in [0.25, 0.3) is 5.56 Å². The highest BCUT2D eigenvalue weighted by Crippen LogP contribution is 2.42. The molecule has 2 heterocycles.